The summed E-state index contributed by atoms with van der Waals surface area (Å²) in [5.74, 6) is 5.02. The number of hydrogen-bond donors (Lipinski definition) is 3. The molecule has 1 amide bonds. The average Bonchev–Trinajstić information content (AvgIpc) is 3.02. The molecule has 1 aromatic heterocycles. The van der Waals surface area contributed by atoms with Gasteiger partial charge in [0, 0.05) is 17.0 Å². The van der Waals surface area contributed by atoms with Crippen molar-refractivity contribution in [1.82, 2.24) is 20.4 Å². The van der Waals surface area contributed by atoms with Crippen molar-refractivity contribution in [2.75, 3.05) is 0 Å². The van der Waals surface area contributed by atoms with E-state index < -0.39 is 0 Å². The smallest absolute Gasteiger partial charge is 0.234 e. The van der Waals surface area contributed by atoms with Crippen LogP contribution >= 0.6 is 11.6 Å². The van der Waals surface area contributed by atoms with Gasteiger partial charge in [-0.1, -0.05) is 38.4 Å². The number of hydrogen-bond acceptors (Lipinski definition) is 5. The Kier molecular flexibility index (Phi) is 5.08. The summed E-state index contributed by atoms with van der Waals surface area (Å²) in [6.45, 7) is 6.03. The third kappa shape index (κ3) is 4.04. The number of aromatic nitrogens is 3. The quantitative estimate of drug-likeness (QED) is 0.362. The molecule has 3 rings (SSSR count). The van der Waals surface area contributed by atoms with Gasteiger partial charge >= 0.3 is 0 Å². The fourth-order valence-corrected chi connectivity index (χ4v) is 3.04. The zero-order valence-corrected chi connectivity index (χ0v) is 16.2. The summed E-state index contributed by atoms with van der Waals surface area (Å²) in [5.41, 5.74) is 5.22. The summed E-state index contributed by atoms with van der Waals surface area (Å²) in [4.78, 5) is 12.9. The fourth-order valence-electron chi connectivity index (χ4n) is 2.87. The number of aromatic hydroxyl groups is 1. The van der Waals surface area contributed by atoms with Gasteiger partial charge in [0.05, 0.1) is 0 Å². The lowest BCUT2D eigenvalue weighted by molar-refractivity contribution is -0.121. The molecule has 4 N–H and O–H groups in total. The molecule has 0 radical (unpaired) electrons. The molecule has 27 heavy (non-hydrogen) atoms. The lowest BCUT2D eigenvalue weighted by Gasteiger charge is -2.23. The Bertz CT molecular complexity index is 1010. The van der Waals surface area contributed by atoms with Gasteiger partial charge in [0.2, 0.25) is 5.91 Å². The normalized spacial score (nSPS) is 11.7. The summed E-state index contributed by atoms with van der Waals surface area (Å²) >= 11 is 6.03. The van der Waals surface area contributed by atoms with Crippen molar-refractivity contribution < 1.29 is 9.90 Å². The summed E-state index contributed by atoms with van der Waals surface area (Å²) in [5, 5.41) is 20.3. The second-order valence-electron chi connectivity index (χ2n) is 7.45. The lowest BCUT2D eigenvalue weighted by Crippen LogP contribution is -2.30. The van der Waals surface area contributed by atoms with Crippen LogP contribution in [-0.4, -0.2) is 26.0 Å². The SMILES string of the molecule is CC(C)(C)c1cc(CCC(=O)NN)cc(-n2nc3ccc(Cl)cc3n2)c1O. The Hall–Kier alpha value is -2.64. The molecule has 8 heteroatoms. The molecule has 0 spiro atoms. The Balaban J connectivity index is 2.12. The van der Waals surface area contributed by atoms with Crippen LogP contribution in [-0.2, 0) is 16.6 Å². The van der Waals surface area contributed by atoms with Crippen LogP contribution in [0.1, 0.15) is 38.3 Å². The average molecular weight is 388 g/mol. The molecule has 0 aliphatic rings. The molecule has 2 aromatic carbocycles. The van der Waals surface area contributed by atoms with Crippen molar-refractivity contribution in [3.8, 4) is 11.4 Å². The summed E-state index contributed by atoms with van der Waals surface area (Å²) in [6, 6.07) is 8.93. The number of benzene rings is 2. The predicted octanol–water partition coefficient (Wildman–Crippen LogP) is 3.00. The van der Waals surface area contributed by atoms with E-state index >= 15 is 0 Å². The van der Waals surface area contributed by atoms with Crippen molar-refractivity contribution in [3.05, 3.63) is 46.5 Å². The van der Waals surface area contributed by atoms with Crippen LogP contribution in [0.4, 0.5) is 0 Å². The molecule has 0 saturated carbocycles. The third-order valence-electron chi connectivity index (χ3n) is 4.32. The number of phenolic OH excluding ortho intramolecular Hbond substituents is 1. The number of hydrazine groups is 1. The number of nitrogens with one attached hydrogen (secondary N) is 1. The van der Waals surface area contributed by atoms with Gasteiger partial charge < -0.3 is 5.11 Å². The van der Waals surface area contributed by atoms with Crippen molar-refractivity contribution in [1.29, 1.82) is 0 Å². The molecule has 142 valence electrons. The van der Waals surface area contributed by atoms with E-state index in [1.165, 1.54) is 4.80 Å². The largest absolute Gasteiger partial charge is 0.505 e. The minimum Gasteiger partial charge on any atom is -0.505 e. The predicted molar refractivity (Wildman–Crippen MR) is 105 cm³/mol. The maximum atomic E-state index is 11.5. The van der Waals surface area contributed by atoms with Crippen LogP contribution in [0, 0.1) is 0 Å². The number of carbonyl (C=O) groups is 1. The molecule has 0 bridgehead atoms. The number of halogens is 1. The van der Waals surface area contributed by atoms with Gasteiger partial charge in [0.25, 0.3) is 0 Å². The van der Waals surface area contributed by atoms with Crippen molar-refractivity contribution in [3.63, 3.8) is 0 Å². The number of rotatable bonds is 4. The number of nitrogens with two attached hydrogens (primary N) is 1. The molecule has 0 atom stereocenters. The van der Waals surface area contributed by atoms with Gasteiger partial charge in [0.15, 0.2) is 0 Å². The topological polar surface area (TPSA) is 106 Å². The van der Waals surface area contributed by atoms with Gasteiger partial charge in [-0.25, -0.2) is 5.84 Å². The van der Waals surface area contributed by atoms with Gasteiger partial charge in [-0.2, -0.15) is 0 Å². The molecule has 7 nitrogen and oxygen atoms in total. The molecule has 1 heterocycles. The van der Waals surface area contributed by atoms with E-state index in [0.717, 1.165) is 11.1 Å². The molecule has 0 saturated heterocycles. The number of fused-ring (bicyclic) bond motifs is 1. The van der Waals surface area contributed by atoms with Crippen molar-refractivity contribution in [2.45, 2.75) is 39.0 Å². The van der Waals surface area contributed by atoms with E-state index in [1.807, 2.05) is 26.8 Å². The Labute approximate surface area is 162 Å². The first-order valence-electron chi connectivity index (χ1n) is 8.58. The Morgan fingerprint density at radius 3 is 2.59 bits per heavy atom. The molecule has 0 unspecified atom stereocenters. The molecule has 0 aliphatic heterocycles. The zero-order valence-electron chi connectivity index (χ0n) is 15.5. The second-order valence-corrected chi connectivity index (χ2v) is 7.89. The monoisotopic (exact) mass is 387 g/mol. The highest BCUT2D eigenvalue weighted by atomic mass is 35.5. The summed E-state index contributed by atoms with van der Waals surface area (Å²) in [7, 11) is 0. The van der Waals surface area contributed by atoms with Gasteiger partial charge in [-0.05, 0) is 41.7 Å². The minimum atomic E-state index is -0.305. The standard InChI is InChI=1S/C19H22ClN5O2/c1-19(2,3)13-8-11(4-7-17(26)22-21)9-16(18(13)27)25-23-14-6-5-12(20)10-15(14)24-25/h5-6,8-10,27H,4,7,21H2,1-3H3,(H,22,26). The summed E-state index contributed by atoms with van der Waals surface area (Å²) in [6.07, 6.45) is 0.723. The van der Waals surface area contributed by atoms with E-state index in [-0.39, 0.29) is 23.5 Å². The number of nitrogens with zero attached hydrogens (tertiary/aromatic N) is 3. The maximum absolute atomic E-state index is 11.5. The molecular formula is C19H22ClN5O2. The highest BCUT2D eigenvalue weighted by molar-refractivity contribution is 6.31. The van der Waals surface area contributed by atoms with E-state index in [9.17, 15) is 9.90 Å². The maximum Gasteiger partial charge on any atom is 0.234 e. The highest BCUT2D eigenvalue weighted by Gasteiger charge is 2.23. The number of phenols is 1. The number of amides is 1. The Morgan fingerprint density at radius 1 is 1.22 bits per heavy atom. The first-order valence-corrected chi connectivity index (χ1v) is 8.95. The van der Waals surface area contributed by atoms with Gasteiger partial charge in [-0.3, -0.25) is 10.2 Å². The second kappa shape index (κ2) is 7.17. The van der Waals surface area contributed by atoms with Crippen molar-refractivity contribution >= 4 is 28.5 Å². The van der Waals surface area contributed by atoms with Crippen LogP contribution < -0.4 is 11.3 Å². The van der Waals surface area contributed by atoms with E-state index in [0.29, 0.717) is 28.2 Å². The molecular weight excluding hydrogens is 366 g/mol. The van der Waals surface area contributed by atoms with Crippen LogP contribution in [0.5, 0.6) is 5.75 Å². The lowest BCUT2D eigenvalue weighted by atomic mass is 9.84. The fraction of sp³-hybridized carbons (Fsp3) is 0.316. The third-order valence-corrected chi connectivity index (χ3v) is 4.55. The molecule has 0 aliphatic carbocycles. The highest BCUT2D eigenvalue weighted by Crippen LogP contribution is 2.36. The number of aryl methyl sites for hydroxylation is 1. The Morgan fingerprint density at radius 2 is 1.93 bits per heavy atom. The van der Waals surface area contributed by atoms with E-state index in [2.05, 4.69) is 15.6 Å². The van der Waals surface area contributed by atoms with E-state index in [4.69, 9.17) is 17.4 Å². The van der Waals surface area contributed by atoms with Crippen LogP contribution in [0.15, 0.2) is 30.3 Å². The first kappa shape index (κ1) is 19.1. The van der Waals surface area contributed by atoms with Crippen LogP contribution in [0.25, 0.3) is 16.7 Å². The summed E-state index contributed by atoms with van der Waals surface area (Å²) < 4.78 is 0. The number of carbonyl (C=O) groups excluding carboxylic acids is 1. The van der Waals surface area contributed by atoms with Crippen molar-refractivity contribution in [2.24, 2.45) is 5.84 Å². The van der Waals surface area contributed by atoms with Gasteiger partial charge in [-0.15, -0.1) is 15.0 Å². The van der Waals surface area contributed by atoms with E-state index in [1.54, 1.807) is 24.3 Å². The van der Waals surface area contributed by atoms with Gasteiger partial charge in [0.1, 0.15) is 22.5 Å². The molecule has 3 aromatic rings. The first-order chi connectivity index (χ1) is 12.7. The van der Waals surface area contributed by atoms with Crippen LogP contribution in [0.2, 0.25) is 5.02 Å². The molecule has 0 fully saturated rings. The zero-order chi connectivity index (χ0) is 19.8. The minimum absolute atomic E-state index is 0.112. The van der Waals surface area contributed by atoms with Crippen LogP contribution in [0.3, 0.4) is 0 Å².